The molecule has 0 atom stereocenters. The normalized spacial score (nSPS) is 15.9. The second kappa shape index (κ2) is 11.4. The Morgan fingerprint density at radius 1 is 0.972 bits per heavy atom. The van der Waals surface area contributed by atoms with E-state index in [4.69, 9.17) is 0 Å². The Labute approximate surface area is 215 Å². The molecule has 0 unspecified atom stereocenters. The van der Waals surface area contributed by atoms with Crippen molar-refractivity contribution in [3.8, 4) is 0 Å². The van der Waals surface area contributed by atoms with Gasteiger partial charge in [0.2, 0.25) is 15.9 Å². The lowest BCUT2D eigenvalue weighted by atomic mass is 9.96. The molecule has 0 saturated carbocycles. The molecule has 0 aromatic heterocycles. The van der Waals surface area contributed by atoms with Gasteiger partial charge in [-0.05, 0) is 42.7 Å². The molecule has 0 bridgehead atoms. The van der Waals surface area contributed by atoms with Crippen molar-refractivity contribution >= 4 is 32.8 Å². The number of hydrogen-bond acceptors (Lipinski definition) is 3. The van der Waals surface area contributed by atoms with Gasteiger partial charge in [0.05, 0.1) is 4.90 Å². The van der Waals surface area contributed by atoms with Crippen LogP contribution in [-0.2, 0) is 14.8 Å². The molecule has 1 aliphatic heterocycles. The van der Waals surface area contributed by atoms with Crippen LogP contribution in [0.5, 0.6) is 0 Å². The molecule has 3 aromatic rings. The molecule has 0 N–H and O–H groups in total. The van der Waals surface area contributed by atoms with Gasteiger partial charge in [-0.2, -0.15) is 4.31 Å². The molecule has 36 heavy (non-hydrogen) atoms. The van der Waals surface area contributed by atoms with E-state index in [1.807, 2.05) is 73.3 Å². The Kier molecular flexibility index (Phi) is 8.27. The first kappa shape index (κ1) is 26.1. The van der Waals surface area contributed by atoms with Gasteiger partial charge in [0.15, 0.2) is 0 Å². The van der Waals surface area contributed by atoms with E-state index in [9.17, 15) is 13.2 Å². The van der Waals surface area contributed by atoms with Gasteiger partial charge in [-0.3, -0.25) is 4.79 Å². The van der Waals surface area contributed by atoms with Crippen LogP contribution in [0.2, 0.25) is 0 Å². The van der Waals surface area contributed by atoms with Crippen molar-refractivity contribution in [2.75, 3.05) is 26.2 Å². The highest BCUT2D eigenvalue weighted by molar-refractivity contribution is 7.89. The summed E-state index contributed by atoms with van der Waals surface area (Å²) >= 11 is 0. The average molecular weight is 505 g/mol. The lowest BCUT2D eigenvalue weighted by Gasteiger charge is -2.35. The fourth-order valence-corrected chi connectivity index (χ4v) is 6.67. The number of nitrogens with zero attached hydrogens (tertiary/aromatic N) is 2. The smallest absolute Gasteiger partial charge is 0.243 e. The van der Waals surface area contributed by atoms with Crippen LogP contribution < -0.4 is 0 Å². The molecular weight excluding hydrogens is 468 g/mol. The minimum atomic E-state index is -3.58. The molecule has 1 saturated heterocycles. The highest BCUT2D eigenvalue weighted by Gasteiger charge is 2.32. The number of hydrogen-bond donors (Lipinski definition) is 0. The molecule has 1 fully saturated rings. The highest BCUT2D eigenvalue weighted by Crippen LogP contribution is 2.29. The van der Waals surface area contributed by atoms with Crippen molar-refractivity contribution < 1.29 is 13.2 Å². The molecular formula is C30H36N2O3S. The number of fused-ring (bicyclic) bond motifs is 1. The number of rotatable bonds is 8. The fourth-order valence-electron chi connectivity index (χ4n) is 4.98. The van der Waals surface area contributed by atoms with E-state index in [-0.39, 0.29) is 17.7 Å². The van der Waals surface area contributed by atoms with Crippen molar-refractivity contribution in [1.82, 2.24) is 9.21 Å². The molecule has 1 heterocycles. The summed E-state index contributed by atoms with van der Waals surface area (Å²) in [6.45, 7) is 8.11. The van der Waals surface area contributed by atoms with E-state index >= 15 is 0 Å². The van der Waals surface area contributed by atoms with Gasteiger partial charge < -0.3 is 4.90 Å². The maximum Gasteiger partial charge on any atom is 0.243 e. The van der Waals surface area contributed by atoms with E-state index < -0.39 is 10.0 Å². The molecule has 0 aliphatic carbocycles. The molecule has 1 amide bonds. The van der Waals surface area contributed by atoms with Crippen LogP contribution in [0.3, 0.4) is 0 Å². The summed E-state index contributed by atoms with van der Waals surface area (Å²) in [4.78, 5) is 15.4. The number of piperidine rings is 1. The van der Waals surface area contributed by atoms with Gasteiger partial charge in [-0.1, -0.05) is 92.2 Å². The van der Waals surface area contributed by atoms with Crippen LogP contribution in [0.1, 0.15) is 39.2 Å². The van der Waals surface area contributed by atoms with E-state index in [2.05, 4.69) is 25.1 Å². The first-order valence-corrected chi connectivity index (χ1v) is 14.2. The van der Waals surface area contributed by atoms with Crippen molar-refractivity contribution in [3.05, 3.63) is 83.9 Å². The predicted molar refractivity (Wildman–Crippen MR) is 147 cm³/mol. The van der Waals surface area contributed by atoms with Crippen LogP contribution in [-0.4, -0.2) is 49.7 Å². The second-order valence-electron chi connectivity index (χ2n) is 10.1. The zero-order valence-corrected chi connectivity index (χ0v) is 22.2. The van der Waals surface area contributed by atoms with Crippen molar-refractivity contribution in [1.29, 1.82) is 0 Å². The Bertz CT molecular complexity index is 1320. The Morgan fingerprint density at radius 2 is 1.61 bits per heavy atom. The fraction of sp³-hybridized carbons (Fsp3) is 0.367. The third-order valence-corrected chi connectivity index (χ3v) is 8.83. The van der Waals surface area contributed by atoms with E-state index in [1.54, 1.807) is 10.4 Å². The molecule has 3 aromatic carbocycles. The number of carbonyl (C=O) groups excluding carboxylic acids is 1. The zero-order valence-electron chi connectivity index (χ0n) is 21.4. The molecule has 6 heteroatoms. The summed E-state index contributed by atoms with van der Waals surface area (Å²) in [5.41, 5.74) is 2.25. The van der Waals surface area contributed by atoms with Crippen LogP contribution in [0.4, 0.5) is 0 Å². The minimum absolute atomic E-state index is 0.0821. The molecule has 0 radical (unpaired) electrons. The molecule has 0 spiro atoms. The Balaban J connectivity index is 1.44. The van der Waals surface area contributed by atoms with Crippen LogP contribution in [0.25, 0.3) is 16.8 Å². The first-order valence-electron chi connectivity index (χ1n) is 12.7. The SMILES string of the molecule is C/C(=C\c1ccccc1)CN(CC1CCN(S(=O)(=O)c2cccc3ccccc23)CC1)C(=O)C(C)C. The van der Waals surface area contributed by atoms with Gasteiger partial charge in [-0.25, -0.2) is 8.42 Å². The zero-order chi connectivity index (χ0) is 25.7. The van der Waals surface area contributed by atoms with Crippen molar-refractivity contribution in [2.45, 2.75) is 38.5 Å². The summed E-state index contributed by atoms with van der Waals surface area (Å²) < 4.78 is 28.6. The maximum atomic E-state index is 13.5. The molecule has 190 valence electrons. The number of benzene rings is 3. The van der Waals surface area contributed by atoms with E-state index in [0.717, 1.165) is 34.8 Å². The molecule has 1 aliphatic rings. The summed E-state index contributed by atoms with van der Waals surface area (Å²) in [5.74, 6) is 0.333. The van der Waals surface area contributed by atoms with Crippen molar-refractivity contribution in [3.63, 3.8) is 0 Å². The maximum absolute atomic E-state index is 13.5. The van der Waals surface area contributed by atoms with Crippen LogP contribution in [0, 0.1) is 11.8 Å². The van der Waals surface area contributed by atoms with Gasteiger partial charge in [-0.15, -0.1) is 0 Å². The Hall–Kier alpha value is -2.96. The standard InChI is InChI=1S/C30H36N2O3S/c1-23(2)30(33)31(21-24(3)20-25-10-5-4-6-11-25)22-26-16-18-32(19-17-26)36(34,35)29-15-9-13-27-12-7-8-14-28(27)29/h4-15,20,23,26H,16-19,21-22H2,1-3H3/b24-20+. The van der Waals surface area contributed by atoms with Gasteiger partial charge in [0.1, 0.15) is 0 Å². The number of amides is 1. The lowest BCUT2D eigenvalue weighted by Crippen LogP contribution is -2.44. The number of carbonyl (C=O) groups is 1. The van der Waals surface area contributed by atoms with E-state index in [0.29, 0.717) is 31.1 Å². The summed E-state index contributed by atoms with van der Waals surface area (Å²) in [7, 11) is -3.58. The summed E-state index contributed by atoms with van der Waals surface area (Å²) in [5, 5.41) is 1.69. The van der Waals surface area contributed by atoms with E-state index in [1.165, 1.54) is 0 Å². The monoisotopic (exact) mass is 504 g/mol. The second-order valence-corrected chi connectivity index (χ2v) is 12.0. The molecule has 5 nitrogen and oxygen atoms in total. The lowest BCUT2D eigenvalue weighted by molar-refractivity contribution is -0.134. The van der Waals surface area contributed by atoms with Gasteiger partial charge in [0.25, 0.3) is 0 Å². The quantitative estimate of drug-likeness (QED) is 0.388. The summed E-state index contributed by atoms with van der Waals surface area (Å²) in [6.07, 6.45) is 3.61. The predicted octanol–water partition coefficient (Wildman–Crippen LogP) is 5.83. The van der Waals surface area contributed by atoms with Gasteiger partial charge >= 0.3 is 0 Å². The third kappa shape index (κ3) is 6.05. The average Bonchev–Trinajstić information content (AvgIpc) is 2.88. The van der Waals surface area contributed by atoms with Gasteiger partial charge in [0, 0.05) is 37.5 Å². The molecule has 4 rings (SSSR count). The third-order valence-electron chi connectivity index (χ3n) is 6.88. The first-order chi connectivity index (χ1) is 17.3. The Morgan fingerprint density at radius 3 is 2.31 bits per heavy atom. The highest BCUT2D eigenvalue weighted by atomic mass is 32.2. The van der Waals surface area contributed by atoms with Crippen LogP contribution in [0.15, 0.2) is 83.3 Å². The van der Waals surface area contributed by atoms with Crippen molar-refractivity contribution in [2.24, 2.45) is 11.8 Å². The summed E-state index contributed by atoms with van der Waals surface area (Å²) in [6, 6.07) is 23.2. The number of sulfonamides is 1. The topological polar surface area (TPSA) is 57.7 Å². The largest absolute Gasteiger partial charge is 0.338 e. The van der Waals surface area contributed by atoms with Crippen LogP contribution >= 0.6 is 0 Å². The minimum Gasteiger partial charge on any atom is -0.338 e.